The van der Waals surface area contributed by atoms with Gasteiger partial charge in [0, 0.05) is 43.0 Å². The SMILES string of the molecule is CN=C(C=C(C)N)c1cnc(NCc2c(F)ccc3c2CCO3)n2cc(C#N)nc12. The first-order chi connectivity index (χ1) is 14.5. The first-order valence-corrected chi connectivity index (χ1v) is 9.38. The number of halogens is 1. The van der Waals surface area contributed by atoms with Crippen LogP contribution in [0, 0.1) is 17.1 Å². The maximum absolute atomic E-state index is 14.4. The molecule has 0 bridgehead atoms. The summed E-state index contributed by atoms with van der Waals surface area (Å²) in [6.07, 6.45) is 5.57. The van der Waals surface area contributed by atoms with Gasteiger partial charge in [-0.1, -0.05) is 0 Å². The van der Waals surface area contributed by atoms with Crippen molar-refractivity contribution in [3.8, 4) is 11.8 Å². The Morgan fingerprint density at radius 1 is 1.50 bits per heavy atom. The first-order valence-electron chi connectivity index (χ1n) is 9.38. The number of hydrogen-bond acceptors (Lipinski definition) is 7. The van der Waals surface area contributed by atoms with Gasteiger partial charge < -0.3 is 15.8 Å². The number of allylic oxidation sites excluding steroid dienone is 2. The molecule has 1 aromatic carbocycles. The fourth-order valence-electron chi connectivity index (χ4n) is 3.49. The van der Waals surface area contributed by atoms with E-state index >= 15 is 0 Å². The summed E-state index contributed by atoms with van der Waals surface area (Å²) in [5.74, 6) is 0.846. The van der Waals surface area contributed by atoms with Crippen molar-refractivity contribution in [2.75, 3.05) is 19.0 Å². The van der Waals surface area contributed by atoms with Crippen LogP contribution < -0.4 is 15.8 Å². The number of hydrogen-bond donors (Lipinski definition) is 2. The molecule has 4 rings (SSSR count). The van der Waals surface area contributed by atoms with Gasteiger partial charge in [-0.25, -0.2) is 14.4 Å². The molecule has 0 atom stereocenters. The number of anilines is 1. The minimum atomic E-state index is -0.299. The van der Waals surface area contributed by atoms with Crippen LogP contribution in [-0.2, 0) is 13.0 Å². The predicted molar refractivity (Wildman–Crippen MR) is 111 cm³/mol. The Hall–Kier alpha value is -3.93. The number of nitrogens with one attached hydrogen (secondary N) is 1. The molecule has 1 aliphatic heterocycles. The number of nitrogens with two attached hydrogens (primary N) is 1. The van der Waals surface area contributed by atoms with Crippen molar-refractivity contribution >= 4 is 17.3 Å². The van der Waals surface area contributed by atoms with E-state index in [9.17, 15) is 9.65 Å². The third-order valence-electron chi connectivity index (χ3n) is 4.85. The second-order valence-corrected chi connectivity index (χ2v) is 6.88. The van der Waals surface area contributed by atoms with Gasteiger partial charge >= 0.3 is 0 Å². The van der Waals surface area contributed by atoms with E-state index in [1.807, 2.05) is 6.07 Å². The van der Waals surface area contributed by atoms with Gasteiger partial charge in [-0.05, 0) is 25.1 Å². The number of ether oxygens (including phenoxy) is 1. The standard InChI is InChI=1S/C21H20FN7O/c1-12(24)7-18(25-2)16-10-27-21(29-11-13(8-23)28-20(16)29)26-9-15-14-5-6-30-19(14)4-3-17(15)22/h3-4,7,10-11H,5-6,9,24H2,1-2H3,(H,26,27). The molecule has 0 saturated heterocycles. The summed E-state index contributed by atoms with van der Waals surface area (Å²) in [6.45, 7) is 2.52. The third-order valence-corrected chi connectivity index (χ3v) is 4.85. The molecule has 1 aliphatic rings. The molecule has 0 amide bonds. The zero-order valence-electron chi connectivity index (χ0n) is 16.6. The van der Waals surface area contributed by atoms with Crippen molar-refractivity contribution < 1.29 is 9.13 Å². The molecule has 0 unspecified atom stereocenters. The van der Waals surface area contributed by atoms with Crippen LogP contribution in [0.25, 0.3) is 5.65 Å². The van der Waals surface area contributed by atoms with Gasteiger partial charge in [0.2, 0.25) is 5.95 Å². The van der Waals surface area contributed by atoms with E-state index in [4.69, 9.17) is 10.5 Å². The van der Waals surface area contributed by atoms with Crippen molar-refractivity contribution in [1.29, 1.82) is 5.26 Å². The Labute approximate surface area is 172 Å². The molecule has 3 N–H and O–H groups in total. The number of fused-ring (bicyclic) bond motifs is 2. The Morgan fingerprint density at radius 3 is 3.07 bits per heavy atom. The minimum absolute atomic E-state index is 0.219. The summed E-state index contributed by atoms with van der Waals surface area (Å²) in [5.41, 5.74) is 9.76. The normalized spacial score (nSPS) is 13.8. The van der Waals surface area contributed by atoms with Gasteiger partial charge in [0.1, 0.15) is 17.6 Å². The van der Waals surface area contributed by atoms with Crippen LogP contribution in [0.4, 0.5) is 10.3 Å². The number of rotatable bonds is 5. The summed E-state index contributed by atoms with van der Waals surface area (Å²) in [7, 11) is 1.65. The Bertz CT molecular complexity index is 1230. The maximum Gasteiger partial charge on any atom is 0.208 e. The average molecular weight is 405 g/mol. The highest BCUT2D eigenvalue weighted by atomic mass is 19.1. The van der Waals surface area contributed by atoms with E-state index in [1.165, 1.54) is 6.07 Å². The van der Waals surface area contributed by atoms with Gasteiger partial charge in [0.05, 0.1) is 24.1 Å². The monoisotopic (exact) mass is 405 g/mol. The van der Waals surface area contributed by atoms with Gasteiger partial charge in [0.25, 0.3) is 0 Å². The van der Waals surface area contributed by atoms with Crippen molar-refractivity contribution in [1.82, 2.24) is 14.4 Å². The lowest BCUT2D eigenvalue weighted by molar-refractivity contribution is 0.356. The summed E-state index contributed by atoms with van der Waals surface area (Å²) in [6, 6.07) is 5.10. The average Bonchev–Trinajstić information content (AvgIpc) is 3.38. The predicted octanol–water partition coefficient (Wildman–Crippen LogP) is 2.57. The molecule has 2 aromatic heterocycles. The quantitative estimate of drug-likeness (QED) is 0.631. The first kappa shape index (κ1) is 19.4. The molecule has 0 fully saturated rings. The smallest absolute Gasteiger partial charge is 0.208 e. The zero-order chi connectivity index (χ0) is 21.3. The van der Waals surface area contributed by atoms with Crippen molar-refractivity contribution in [3.63, 3.8) is 0 Å². The topological polar surface area (TPSA) is 114 Å². The molecule has 0 spiro atoms. The number of imidazole rings is 1. The molecule has 9 heteroatoms. The fourth-order valence-corrected chi connectivity index (χ4v) is 3.49. The largest absolute Gasteiger partial charge is 0.493 e. The number of aromatic nitrogens is 3. The molecule has 0 aliphatic carbocycles. The molecule has 0 radical (unpaired) electrons. The highest BCUT2D eigenvalue weighted by Crippen LogP contribution is 2.30. The van der Waals surface area contributed by atoms with Gasteiger partial charge in [-0.2, -0.15) is 5.26 Å². The fraction of sp³-hybridized carbons (Fsp3) is 0.238. The molecular weight excluding hydrogens is 385 g/mol. The van der Waals surface area contributed by atoms with Crippen molar-refractivity contribution in [2.24, 2.45) is 10.7 Å². The molecule has 30 heavy (non-hydrogen) atoms. The van der Waals surface area contributed by atoms with Crippen LogP contribution in [0.15, 0.2) is 41.3 Å². The lowest BCUT2D eigenvalue weighted by atomic mass is 10.0. The Morgan fingerprint density at radius 2 is 2.33 bits per heavy atom. The van der Waals surface area contributed by atoms with Crippen molar-refractivity contribution in [2.45, 2.75) is 19.9 Å². The molecular formula is C21H20FN7O. The number of nitriles is 1. The third kappa shape index (κ3) is 3.43. The highest BCUT2D eigenvalue weighted by molar-refractivity contribution is 6.12. The van der Waals surface area contributed by atoms with E-state index in [1.54, 1.807) is 42.9 Å². The summed E-state index contributed by atoms with van der Waals surface area (Å²) >= 11 is 0. The number of benzene rings is 1. The second-order valence-electron chi connectivity index (χ2n) is 6.88. The summed E-state index contributed by atoms with van der Waals surface area (Å²) in [4.78, 5) is 13.1. The van der Waals surface area contributed by atoms with Crippen LogP contribution >= 0.6 is 0 Å². The van der Waals surface area contributed by atoms with Gasteiger partial charge in [0.15, 0.2) is 11.3 Å². The molecule has 8 nitrogen and oxygen atoms in total. The van der Waals surface area contributed by atoms with Crippen LogP contribution in [0.5, 0.6) is 5.75 Å². The molecule has 0 saturated carbocycles. The van der Waals surface area contributed by atoms with Crippen LogP contribution in [-0.4, -0.2) is 33.7 Å². The lowest BCUT2D eigenvalue weighted by Crippen LogP contribution is -2.12. The van der Waals surface area contributed by atoms with Gasteiger partial charge in [-0.15, -0.1) is 0 Å². The highest BCUT2D eigenvalue weighted by Gasteiger charge is 2.20. The molecule has 152 valence electrons. The lowest BCUT2D eigenvalue weighted by Gasteiger charge is -2.13. The molecule has 3 heterocycles. The Balaban J connectivity index is 1.74. The van der Waals surface area contributed by atoms with E-state index in [0.717, 1.165) is 5.56 Å². The number of nitrogens with zero attached hydrogens (tertiary/aromatic N) is 5. The zero-order valence-corrected chi connectivity index (χ0v) is 16.6. The van der Waals surface area contributed by atoms with E-state index < -0.39 is 0 Å². The van der Waals surface area contributed by atoms with E-state index in [2.05, 4.69) is 20.3 Å². The van der Waals surface area contributed by atoms with Gasteiger partial charge in [-0.3, -0.25) is 9.39 Å². The van der Waals surface area contributed by atoms with Crippen LogP contribution in [0.1, 0.15) is 29.3 Å². The Kier molecular flexibility index (Phi) is 5.06. The maximum atomic E-state index is 14.4. The minimum Gasteiger partial charge on any atom is -0.493 e. The van der Waals surface area contributed by atoms with E-state index in [-0.39, 0.29) is 18.1 Å². The summed E-state index contributed by atoms with van der Waals surface area (Å²) in [5, 5.41) is 12.5. The molecule has 3 aromatic rings. The van der Waals surface area contributed by atoms with Crippen LogP contribution in [0.2, 0.25) is 0 Å². The number of aliphatic imine (C=N–C) groups is 1. The second kappa shape index (κ2) is 7.83. The van der Waals surface area contributed by atoms with E-state index in [0.29, 0.717) is 52.9 Å². The van der Waals surface area contributed by atoms with Crippen molar-refractivity contribution in [3.05, 3.63) is 64.5 Å². The van der Waals surface area contributed by atoms with Crippen LogP contribution in [0.3, 0.4) is 0 Å². The summed E-state index contributed by atoms with van der Waals surface area (Å²) < 4.78 is 21.6.